The van der Waals surface area contributed by atoms with Crippen LogP contribution in [0.3, 0.4) is 0 Å². The molecule has 4 fully saturated rings. The van der Waals surface area contributed by atoms with Gasteiger partial charge < -0.3 is 18.9 Å². The van der Waals surface area contributed by atoms with Crippen LogP contribution in [-0.4, -0.2) is 60.0 Å². The van der Waals surface area contributed by atoms with Crippen molar-refractivity contribution in [2.75, 3.05) is 11.5 Å². The first-order chi connectivity index (χ1) is 22.3. The Kier molecular flexibility index (Phi) is 8.35. The van der Waals surface area contributed by atoms with Crippen LogP contribution in [0.25, 0.3) is 11.3 Å². The third-order valence-electron chi connectivity index (χ3n) is 9.45. The Morgan fingerprint density at radius 3 is 2.60 bits per heavy atom. The van der Waals surface area contributed by atoms with E-state index in [-0.39, 0.29) is 55.7 Å². The third kappa shape index (κ3) is 6.16. The lowest BCUT2D eigenvalue weighted by Crippen LogP contribution is -2.46. The number of rotatable bonds is 9. The number of anilines is 1. The van der Waals surface area contributed by atoms with Crippen LogP contribution in [0.15, 0.2) is 35.0 Å². The Balaban J connectivity index is 1.03. The zero-order valence-electron chi connectivity index (χ0n) is 25.7. The average molecular weight is 708 g/mol. The maximum absolute atomic E-state index is 15.2. The number of carbonyl (C=O) groups is 2. The molecule has 3 aromatic rings. The van der Waals surface area contributed by atoms with E-state index in [1.165, 1.54) is 11.1 Å². The van der Waals surface area contributed by atoms with Crippen LogP contribution < -0.4 is 9.62 Å². The molecular formula is C32H33Cl2FN4O7S. The summed E-state index contributed by atoms with van der Waals surface area (Å²) in [5, 5.41) is 4.31. The molecule has 250 valence electrons. The fourth-order valence-electron chi connectivity index (χ4n) is 6.99. The highest BCUT2D eigenvalue weighted by Gasteiger charge is 2.52. The van der Waals surface area contributed by atoms with Crippen molar-refractivity contribution in [2.24, 2.45) is 5.92 Å². The predicted octanol–water partition coefficient (Wildman–Crippen LogP) is 5.79. The molecule has 2 saturated carbocycles. The van der Waals surface area contributed by atoms with Crippen LogP contribution in [0.4, 0.5) is 10.1 Å². The number of sulfonamides is 1. The van der Waals surface area contributed by atoms with Gasteiger partial charge in [0, 0.05) is 35.8 Å². The highest BCUT2D eigenvalue weighted by Crippen LogP contribution is 2.48. The summed E-state index contributed by atoms with van der Waals surface area (Å²) in [4.78, 5) is 31.7. The molecule has 7 rings (SSSR count). The van der Waals surface area contributed by atoms with E-state index in [0.29, 0.717) is 34.1 Å². The minimum absolute atomic E-state index is 0.154. The first kappa shape index (κ1) is 32.4. The molecule has 4 aliphatic rings. The van der Waals surface area contributed by atoms with E-state index in [1.807, 2.05) is 4.72 Å². The van der Waals surface area contributed by atoms with Crippen molar-refractivity contribution in [3.05, 3.63) is 63.3 Å². The maximum atomic E-state index is 15.2. The first-order valence-corrected chi connectivity index (χ1v) is 17.9. The van der Waals surface area contributed by atoms with Gasteiger partial charge in [0.05, 0.1) is 51.4 Å². The lowest BCUT2D eigenvalue weighted by Gasteiger charge is -2.34. The van der Waals surface area contributed by atoms with E-state index < -0.39 is 44.2 Å². The van der Waals surface area contributed by atoms with Crippen molar-refractivity contribution < 1.29 is 36.4 Å². The van der Waals surface area contributed by atoms with Crippen molar-refractivity contribution in [1.29, 1.82) is 0 Å². The van der Waals surface area contributed by atoms with Gasteiger partial charge in [-0.2, -0.15) is 0 Å². The Bertz CT molecular complexity index is 1840. The molecule has 2 saturated heterocycles. The van der Waals surface area contributed by atoms with Gasteiger partial charge >= 0.3 is 0 Å². The van der Waals surface area contributed by atoms with Crippen LogP contribution in [0, 0.1) is 11.7 Å². The number of benzene rings is 1. The second-order valence-electron chi connectivity index (χ2n) is 13.3. The quantitative estimate of drug-likeness (QED) is 0.293. The summed E-state index contributed by atoms with van der Waals surface area (Å²) >= 11 is 13.0. The zero-order valence-corrected chi connectivity index (χ0v) is 28.0. The summed E-state index contributed by atoms with van der Waals surface area (Å²) in [6.45, 7) is 3.93. The Morgan fingerprint density at radius 1 is 1.19 bits per heavy atom. The molecule has 1 unspecified atom stereocenters. The van der Waals surface area contributed by atoms with Gasteiger partial charge in [-0.15, -0.1) is 0 Å². The van der Waals surface area contributed by atoms with Gasteiger partial charge in [-0.3, -0.25) is 9.59 Å². The third-order valence-corrected chi connectivity index (χ3v) is 11.8. The second-order valence-corrected chi connectivity index (χ2v) is 16.0. The Morgan fingerprint density at radius 2 is 1.94 bits per heavy atom. The second kappa shape index (κ2) is 12.1. The van der Waals surface area contributed by atoms with Gasteiger partial charge in [0.25, 0.3) is 5.91 Å². The van der Waals surface area contributed by atoms with Crippen LogP contribution in [0.1, 0.15) is 80.1 Å². The largest absolute Gasteiger partial charge is 0.375 e. The molecule has 1 N–H and O–H groups in total. The van der Waals surface area contributed by atoms with E-state index >= 15 is 4.39 Å². The molecule has 0 spiro atoms. The van der Waals surface area contributed by atoms with Crippen LogP contribution in [0.5, 0.6) is 0 Å². The van der Waals surface area contributed by atoms with Gasteiger partial charge in [-0.1, -0.05) is 34.4 Å². The highest BCUT2D eigenvalue weighted by molar-refractivity contribution is 7.90. The average Bonchev–Trinajstić information content (AvgIpc) is 3.51. The number of nitrogens with zero attached hydrogens (tertiary/aromatic N) is 3. The molecule has 15 heteroatoms. The molecular weight excluding hydrogens is 674 g/mol. The fourth-order valence-corrected chi connectivity index (χ4v) is 9.12. The minimum atomic E-state index is -4.10. The lowest BCUT2D eigenvalue weighted by molar-refractivity contribution is -0.126. The van der Waals surface area contributed by atoms with E-state index in [2.05, 4.69) is 10.1 Å². The number of pyridine rings is 1. The SMILES string of the molecule is CC1(C)CC(S(=O)(=O)NC(=O)c2ncc(N3C(=O)[C@@H]4C[C@H]3C[C@H]4OCc3c(-c4c(Cl)cccc4Cl)noc3C3CC3)cc2F)CCO1. The van der Waals surface area contributed by atoms with E-state index in [1.54, 1.807) is 32.0 Å². The summed E-state index contributed by atoms with van der Waals surface area (Å²) in [5.41, 5.74) is 0.704. The van der Waals surface area contributed by atoms with Crippen molar-refractivity contribution in [3.8, 4) is 11.3 Å². The number of carbonyl (C=O) groups excluding carboxylic acids is 2. The van der Waals surface area contributed by atoms with Crippen LogP contribution >= 0.6 is 23.2 Å². The molecule has 0 radical (unpaired) electrons. The Hall–Kier alpha value is -3.10. The summed E-state index contributed by atoms with van der Waals surface area (Å²) in [7, 11) is -4.10. The number of halogens is 3. The topological polar surface area (TPSA) is 141 Å². The summed E-state index contributed by atoms with van der Waals surface area (Å²) in [6, 6.07) is 5.99. The molecule has 47 heavy (non-hydrogen) atoms. The van der Waals surface area contributed by atoms with Gasteiger partial charge in [-0.25, -0.2) is 22.5 Å². The Labute approximate surface area is 281 Å². The minimum Gasteiger partial charge on any atom is -0.375 e. The van der Waals surface area contributed by atoms with Crippen molar-refractivity contribution in [1.82, 2.24) is 14.9 Å². The normalized spacial score (nSPS) is 25.4. The lowest BCUT2D eigenvalue weighted by atomic mass is 9.98. The number of hydrogen-bond donors (Lipinski definition) is 1. The molecule has 2 aliphatic carbocycles. The number of hydrogen-bond acceptors (Lipinski definition) is 9. The van der Waals surface area contributed by atoms with Crippen LogP contribution in [-0.2, 0) is 30.9 Å². The first-order valence-electron chi connectivity index (χ1n) is 15.6. The number of piperidine rings is 1. The summed E-state index contributed by atoms with van der Waals surface area (Å²) < 4.78 is 60.6. The van der Waals surface area contributed by atoms with E-state index in [4.69, 9.17) is 37.2 Å². The van der Waals surface area contributed by atoms with Crippen molar-refractivity contribution in [3.63, 3.8) is 0 Å². The summed E-state index contributed by atoms with van der Waals surface area (Å²) in [6.07, 6.45) is 4.21. The van der Waals surface area contributed by atoms with Gasteiger partial charge in [0.15, 0.2) is 11.5 Å². The predicted molar refractivity (Wildman–Crippen MR) is 170 cm³/mol. The molecule has 4 atom stereocenters. The number of amides is 2. The standard InChI is InChI=1S/C32H33Cl2FN4O7S/c1-32(2)13-19(8-9-45-32)47(42,43)38-30(40)28-24(35)11-18(14-36-28)39-17-10-20(31(39)41)25(12-17)44-15-21-27(37-46-29(21)16-6-7-16)26-22(33)4-3-5-23(26)34/h3-5,11,14,16-17,19-20,25H,6-10,12-13,15H2,1-2H3,(H,38,40)/t17-,19?,20+,25+/m0/s1. The molecule has 2 aromatic heterocycles. The smallest absolute Gasteiger partial charge is 0.286 e. The van der Waals surface area contributed by atoms with Crippen molar-refractivity contribution in [2.45, 2.75) is 87.9 Å². The molecule has 1 aromatic carbocycles. The van der Waals surface area contributed by atoms with Gasteiger partial charge in [0.2, 0.25) is 15.9 Å². The van der Waals surface area contributed by atoms with Gasteiger partial charge in [-0.05, 0) is 64.5 Å². The number of ether oxygens (including phenoxy) is 2. The van der Waals surface area contributed by atoms with E-state index in [0.717, 1.165) is 30.2 Å². The van der Waals surface area contributed by atoms with Gasteiger partial charge in [0.1, 0.15) is 11.5 Å². The zero-order chi connectivity index (χ0) is 33.2. The number of nitrogens with one attached hydrogen (secondary N) is 1. The molecule has 11 nitrogen and oxygen atoms in total. The van der Waals surface area contributed by atoms with Crippen molar-refractivity contribution >= 4 is 50.7 Å². The number of aromatic nitrogens is 2. The highest BCUT2D eigenvalue weighted by atomic mass is 35.5. The monoisotopic (exact) mass is 706 g/mol. The molecule has 4 heterocycles. The van der Waals surface area contributed by atoms with Crippen LogP contribution in [0.2, 0.25) is 10.0 Å². The molecule has 2 aliphatic heterocycles. The fraction of sp³-hybridized carbons (Fsp3) is 0.500. The maximum Gasteiger partial charge on any atom is 0.286 e. The van der Waals surface area contributed by atoms with E-state index in [9.17, 15) is 18.0 Å². The molecule has 2 bridgehead atoms. The number of fused-ring (bicyclic) bond motifs is 2. The molecule has 2 amide bonds. The summed E-state index contributed by atoms with van der Waals surface area (Å²) in [5.74, 6) is -1.92.